The van der Waals surface area contributed by atoms with Gasteiger partial charge in [-0.15, -0.1) is 0 Å². The van der Waals surface area contributed by atoms with Crippen LogP contribution in [-0.4, -0.2) is 51.7 Å². The van der Waals surface area contributed by atoms with Gasteiger partial charge in [-0.05, 0) is 24.5 Å². The number of carbonyl (C=O) groups excluding carboxylic acids is 1. The Morgan fingerprint density at radius 2 is 2.04 bits per heavy atom. The lowest BCUT2D eigenvalue weighted by atomic mass is 10.1. The van der Waals surface area contributed by atoms with Crippen molar-refractivity contribution in [2.75, 3.05) is 25.0 Å². The highest BCUT2D eigenvalue weighted by molar-refractivity contribution is 5.90. The van der Waals surface area contributed by atoms with Crippen molar-refractivity contribution >= 4 is 17.9 Å². The molecule has 1 aromatic carbocycles. The van der Waals surface area contributed by atoms with E-state index in [1.54, 1.807) is 12.4 Å². The first-order chi connectivity index (χ1) is 12.7. The molecule has 0 unspecified atom stereocenters. The van der Waals surface area contributed by atoms with Gasteiger partial charge in [0.05, 0.1) is 0 Å². The first-order valence-corrected chi connectivity index (χ1v) is 8.70. The molecule has 7 heteroatoms. The number of benzene rings is 1. The topological polar surface area (TPSA) is 90.4 Å². The third-order valence-electron chi connectivity index (χ3n) is 4.37. The molecular weight excluding hydrogens is 330 g/mol. The summed E-state index contributed by atoms with van der Waals surface area (Å²) in [5.74, 6) is -0.00239. The molecule has 3 rings (SSSR count). The third kappa shape index (κ3) is 5.37. The van der Waals surface area contributed by atoms with E-state index in [1.165, 1.54) is 23.2 Å². The number of nitrogens with one attached hydrogen (secondary N) is 2. The molecule has 2 heterocycles. The maximum Gasteiger partial charge on any atom is 0.267 e. The lowest BCUT2D eigenvalue weighted by Gasteiger charge is -2.16. The molecule has 0 spiro atoms. The van der Waals surface area contributed by atoms with Gasteiger partial charge in [0.15, 0.2) is 0 Å². The van der Waals surface area contributed by atoms with E-state index in [4.69, 9.17) is 5.21 Å². The van der Waals surface area contributed by atoms with Crippen LogP contribution in [0.4, 0.5) is 5.95 Å². The molecule has 1 amide bonds. The molecule has 0 saturated carbocycles. The van der Waals surface area contributed by atoms with Gasteiger partial charge in [0.25, 0.3) is 5.91 Å². The number of nitrogens with zero attached hydrogens (tertiary/aromatic N) is 3. The summed E-state index contributed by atoms with van der Waals surface area (Å²) in [5.41, 5.74) is 3.59. The summed E-state index contributed by atoms with van der Waals surface area (Å²) in [6, 6.07) is 10.9. The summed E-state index contributed by atoms with van der Waals surface area (Å²) in [7, 11) is 0. The second kappa shape index (κ2) is 9.07. The Labute approximate surface area is 152 Å². The van der Waals surface area contributed by atoms with Crippen LogP contribution in [0.5, 0.6) is 0 Å². The Morgan fingerprint density at radius 1 is 1.27 bits per heavy atom. The second-order valence-corrected chi connectivity index (χ2v) is 6.32. The smallest absolute Gasteiger partial charge is 0.267 e. The Balaban J connectivity index is 1.45. The van der Waals surface area contributed by atoms with Crippen LogP contribution in [-0.2, 0) is 11.2 Å². The number of amides is 1. The number of aromatic nitrogens is 2. The Hall–Kier alpha value is -2.77. The molecule has 0 radical (unpaired) electrons. The standard InChI is InChI=1S/C19H23N5O2/c25-18(23-26)7-6-16-12-20-19(21-13-16)22-17-9-11-24(14-17)10-8-15-4-2-1-3-5-15/h1-7,12-13,17,26H,8-11,14H2,(H,23,25)(H,20,21,22)/b7-6+/t17-/m1/s1. The average Bonchev–Trinajstić information content (AvgIpc) is 3.13. The first-order valence-electron chi connectivity index (χ1n) is 8.70. The number of hydroxylamine groups is 1. The zero-order valence-corrected chi connectivity index (χ0v) is 14.5. The summed E-state index contributed by atoms with van der Waals surface area (Å²) in [6.07, 6.45) is 8.16. The molecule has 1 aliphatic heterocycles. The van der Waals surface area contributed by atoms with Gasteiger partial charge in [-0.2, -0.15) is 0 Å². The van der Waals surface area contributed by atoms with Crippen molar-refractivity contribution in [2.24, 2.45) is 0 Å². The Kier molecular flexibility index (Phi) is 6.29. The minimum absolute atomic E-state index is 0.340. The van der Waals surface area contributed by atoms with Gasteiger partial charge >= 0.3 is 0 Å². The molecule has 7 nitrogen and oxygen atoms in total. The monoisotopic (exact) mass is 353 g/mol. The van der Waals surface area contributed by atoms with Crippen molar-refractivity contribution in [1.29, 1.82) is 0 Å². The maximum absolute atomic E-state index is 11.0. The summed E-state index contributed by atoms with van der Waals surface area (Å²) in [6.45, 7) is 3.11. The molecular formula is C19H23N5O2. The molecule has 1 aliphatic rings. The molecule has 26 heavy (non-hydrogen) atoms. The van der Waals surface area contributed by atoms with E-state index in [-0.39, 0.29) is 0 Å². The SMILES string of the molecule is O=C(/C=C/c1cnc(N[C@@H]2CCN(CCc3ccccc3)C2)nc1)NO. The van der Waals surface area contributed by atoms with E-state index in [1.807, 2.05) is 6.07 Å². The van der Waals surface area contributed by atoms with Gasteiger partial charge in [0.2, 0.25) is 5.95 Å². The average molecular weight is 353 g/mol. The van der Waals surface area contributed by atoms with Crippen LogP contribution < -0.4 is 10.8 Å². The molecule has 2 aromatic rings. The van der Waals surface area contributed by atoms with E-state index >= 15 is 0 Å². The van der Waals surface area contributed by atoms with Crippen molar-refractivity contribution in [1.82, 2.24) is 20.3 Å². The molecule has 0 aliphatic carbocycles. The molecule has 0 bridgehead atoms. The number of rotatable bonds is 7. The van der Waals surface area contributed by atoms with Crippen LogP contribution in [0.25, 0.3) is 6.08 Å². The quantitative estimate of drug-likeness (QED) is 0.399. The molecule has 136 valence electrons. The third-order valence-corrected chi connectivity index (χ3v) is 4.37. The van der Waals surface area contributed by atoms with Crippen molar-refractivity contribution in [3.8, 4) is 0 Å². The summed E-state index contributed by atoms with van der Waals surface area (Å²) < 4.78 is 0. The fourth-order valence-corrected chi connectivity index (χ4v) is 2.98. The normalized spacial score (nSPS) is 17.5. The second-order valence-electron chi connectivity index (χ2n) is 6.32. The number of hydrogen-bond acceptors (Lipinski definition) is 6. The molecule has 3 N–H and O–H groups in total. The molecule has 1 atom stereocenters. The lowest BCUT2D eigenvalue weighted by molar-refractivity contribution is -0.124. The Morgan fingerprint density at radius 3 is 2.77 bits per heavy atom. The van der Waals surface area contributed by atoms with Crippen molar-refractivity contribution in [3.05, 3.63) is 59.9 Å². The number of hydrogen-bond donors (Lipinski definition) is 3. The Bertz CT molecular complexity index is 733. The van der Waals surface area contributed by atoms with Crippen molar-refractivity contribution < 1.29 is 10.0 Å². The van der Waals surface area contributed by atoms with E-state index in [2.05, 4.69) is 44.5 Å². The van der Waals surface area contributed by atoms with Crippen LogP contribution in [0.15, 0.2) is 48.8 Å². The fourth-order valence-electron chi connectivity index (χ4n) is 2.98. The number of anilines is 1. The van der Waals surface area contributed by atoms with Crippen molar-refractivity contribution in [2.45, 2.75) is 18.9 Å². The van der Waals surface area contributed by atoms with Crippen LogP contribution in [0, 0.1) is 0 Å². The van der Waals surface area contributed by atoms with Crippen LogP contribution in [0.3, 0.4) is 0 Å². The first kappa shape index (κ1) is 18.0. The van der Waals surface area contributed by atoms with Crippen molar-refractivity contribution in [3.63, 3.8) is 0 Å². The highest BCUT2D eigenvalue weighted by Crippen LogP contribution is 2.14. The fraction of sp³-hybridized carbons (Fsp3) is 0.316. The van der Waals surface area contributed by atoms with E-state index in [0.717, 1.165) is 32.5 Å². The summed E-state index contributed by atoms with van der Waals surface area (Å²) in [4.78, 5) is 22.0. The maximum atomic E-state index is 11.0. The summed E-state index contributed by atoms with van der Waals surface area (Å²) >= 11 is 0. The van der Waals surface area contributed by atoms with Crippen LogP contribution >= 0.6 is 0 Å². The van der Waals surface area contributed by atoms with Crippen LogP contribution in [0.1, 0.15) is 17.5 Å². The highest BCUT2D eigenvalue weighted by atomic mass is 16.5. The highest BCUT2D eigenvalue weighted by Gasteiger charge is 2.22. The van der Waals surface area contributed by atoms with Gasteiger partial charge < -0.3 is 10.2 Å². The van der Waals surface area contributed by atoms with Gasteiger partial charge in [0.1, 0.15) is 0 Å². The predicted molar refractivity (Wildman–Crippen MR) is 99.6 cm³/mol. The summed E-state index contributed by atoms with van der Waals surface area (Å²) in [5, 5.41) is 11.8. The molecule has 1 aromatic heterocycles. The minimum atomic E-state index is -0.589. The van der Waals surface area contributed by atoms with E-state index in [0.29, 0.717) is 17.6 Å². The van der Waals surface area contributed by atoms with Gasteiger partial charge in [-0.1, -0.05) is 30.3 Å². The van der Waals surface area contributed by atoms with E-state index in [9.17, 15) is 4.79 Å². The zero-order chi connectivity index (χ0) is 18.2. The van der Waals surface area contributed by atoms with Gasteiger partial charge in [0, 0.05) is 49.7 Å². The largest absolute Gasteiger partial charge is 0.350 e. The van der Waals surface area contributed by atoms with E-state index < -0.39 is 5.91 Å². The predicted octanol–water partition coefficient (Wildman–Crippen LogP) is 1.72. The number of likely N-dealkylation sites (tertiary alicyclic amines) is 1. The molecule has 1 fully saturated rings. The zero-order valence-electron chi connectivity index (χ0n) is 14.5. The van der Waals surface area contributed by atoms with Crippen LogP contribution in [0.2, 0.25) is 0 Å². The molecule has 1 saturated heterocycles. The lowest BCUT2D eigenvalue weighted by Crippen LogP contribution is -2.28. The number of carbonyl (C=O) groups is 1. The minimum Gasteiger partial charge on any atom is -0.350 e. The van der Waals surface area contributed by atoms with Gasteiger partial charge in [-0.25, -0.2) is 15.4 Å². The van der Waals surface area contributed by atoms with Gasteiger partial charge in [-0.3, -0.25) is 10.0 Å².